The first-order chi connectivity index (χ1) is 9.56. The average Bonchev–Trinajstić information content (AvgIpc) is 2.46. The Morgan fingerprint density at radius 2 is 1.85 bits per heavy atom. The van der Waals surface area contributed by atoms with E-state index < -0.39 is 0 Å². The molecule has 1 atom stereocenters. The Hall–Kier alpha value is -0.910. The summed E-state index contributed by atoms with van der Waals surface area (Å²) in [5, 5.41) is 3.31. The molecule has 0 spiro atoms. The monoisotopic (exact) mass is 339 g/mol. The van der Waals surface area contributed by atoms with E-state index in [1.807, 2.05) is 17.0 Å². The Bertz CT molecular complexity index is 441. The number of nitrogens with zero attached hydrogens (tertiary/aromatic N) is 2. The number of hydrogen-bond donors (Lipinski definition) is 1. The molecule has 1 aliphatic rings. The molecule has 1 fully saturated rings. The van der Waals surface area contributed by atoms with Crippen molar-refractivity contribution in [3.63, 3.8) is 0 Å². The summed E-state index contributed by atoms with van der Waals surface area (Å²) in [6, 6.07) is 8.37. The van der Waals surface area contributed by atoms with Crippen molar-refractivity contribution in [1.82, 2.24) is 15.1 Å². The number of halogens is 1. The van der Waals surface area contributed by atoms with Gasteiger partial charge in [-0.15, -0.1) is 0 Å². The molecule has 0 radical (unpaired) electrons. The molecule has 0 bridgehead atoms. The SMILES string of the molecule is CC(NCC(=O)N1CCN(C)CC1)c1ccc(Br)cc1. The van der Waals surface area contributed by atoms with Crippen LogP contribution in [0, 0.1) is 0 Å². The number of nitrogens with one attached hydrogen (secondary N) is 1. The van der Waals surface area contributed by atoms with E-state index in [2.05, 4.69) is 52.3 Å². The van der Waals surface area contributed by atoms with Crippen molar-refractivity contribution < 1.29 is 4.79 Å². The van der Waals surface area contributed by atoms with Gasteiger partial charge in [0.2, 0.25) is 5.91 Å². The summed E-state index contributed by atoms with van der Waals surface area (Å²) >= 11 is 3.43. The highest BCUT2D eigenvalue weighted by Gasteiger charge is 2.19. The molecule has 1 unspecified atom stereocenters. The highest BCUT2D eigenvalue weighted by Crippen LogP contribution is 2.16. The molecule has 20 heavy (non-hydrogen) atoms. The highest BCUT2D eigenvalue weighted by atomic mass is 79.9. The molecule has 1 heterocycles. The molecular formula is C15H22BrN3O. The molecule has 0 aromatic heterocycles. The molecule has 1 saturated heterocycles. The maximum atomic E-state index is 12.1. The summed E-state index contributed by atoms with van der Waals surface area (Å²) in [7, 11) is 2.09. The molecule has 1 aromatic carbocycles. The van der Waals surface area contributed by atoms with Gasteiger partial charge < -0.3 is 15.1 Å². The third-order valence-electron chi connectivity index (χ3n) is 3.79. The smallest absolute Gasteiger partial charge is 0.236 e. The predicted molar refractivity (Wildman–Crippen MR) is 84.6 cm³/mol. The lowest BCUT2D eigenvalue weighted by Gasteiger charge is -2.32. The van der Waals surface area contributed by atoms with E-state index in [0.717, 1.165) is 30.7 Å². The summed E-state index contributed by atoms with van der Waals surface area (Å²) in [5.74, 6) is 0.196. The second-order valence-electron chi connectivity index (χ2n) is 5.34. The lowest BCUT2D eigenvalue weighted by atomic mass is 10.1. The standard InChI is InChI=1S/C15H22BrN3O/c1-12(13-3-5-14(16)6-4-13)17-11-15(20)19-9-7-18(2)8-10-19/h3-6,12,17H,7-11H2,1-2H3. The van der Waals surface area contributed by atoms with Crippen molar-refractivity contribution in [3.8, 4) is 0 Å². The van der Waals surface area contributed by atoms with E-state index in [-0.39, 0.29) is 11.9 Å². The van der Waals surface area contributed by atoms with E-state index in [1.165, 1.54) is 5.56 Å². The lowest BCUT2D eigenvalue weighted by Crippen LogP contribution is -2.49. The van der Waals surface area contributed by atoms with Crippen LogP contribution in [0.5, 0.6) is 0 Å². The fourth-order valence-electron chi connectivity index (χ4n) is 2.28. The zero-order valence-electron chi connectivity index (χ0n) is 12.1. The molecule has 2 rings (SSSR count). The largest absolute Gasteiger partial charge is 0.339 e. The van der Waals surface area contributed by atoms with Gasteiger partial charge in [0, 0.05) is 36.7 Å². The van der Waals surface area contributed by atoms with Crippen LogP contribution in [0.15, 0.2) is 28.7 Å². The Morgan fingerprint density at radius 3 is 2.45 bits per heavy atom. The number of amides is 1. The van der Waals surface area contributed by atoms with E-state index >= 15 is 0 Å². The molecule has 0 aliphatic carbocycles. The minimum absolute atomic E-state index is 0.180. The van der Waals surface area contributed by atoms with Gasteiger partial charge in [0.15, 0.2) is 0 Å². The number of rotatable bonds is 4. The molecule has 1 aromatic rings. The number of likely N-dealkylation sites (N-methyl/N-ethyl adjacent to an activating group) is 1. The van der Waals surface area contributed by atoms with Crippen molar-refractivity contribution in [1.29, 1.82) is 0 Å². The van der Waals surface area contributed by atoms with Crippen LogP contribution in [-0.4, -0.2) is 55.5 Å². The number of piperazine rings is 1. The van der Waals surface area contributed by atoms with Crippen molar-refractivity contribution in [2.24, 2.45) is 0 Å². The summed E-state index contributed by atoms with van der Waals surface area (Å²) in [5.41, 5.74) is 1.19. The molecule has 5 heteroatoms. The van der Waals surface area contributed by atoms with Crippen LogP contribution in [0.25, 0.3) is 0 Å². The van der Waals surface area contributed by atoms with Crippen LogP contribution in [0.1, 0.15) is 18.5 Å². The summed E-state index contributed by atoms with van der Waals surface area (Å²) in [4.78, 5) is 16.3. The normalized spacial score (nSPS) is 18.1. The molecule has 0 saturated carbocycles. The average molecular weight is 340 g/mol. The van der Waals surface area contributed by atoms with Crippen LogP contribution in [0.3, 0.4) is 0 Å². The Labute approximate surface area is 129 Å². The van der Waals surface area contributed by atoms with Crippen molar-refractivity contribution >= 4 is 21.8 Å². The number of benzene rings is 1. The van der Waals surface area contributed by atoms with Crippen LogP contribution in [0.4, 0.5) is 0 Å². The first-order valence-corrected chi connectivity index (χ1v) is 7.81. The molecule has 1 amide bonds. The van der Waals surface area contributed by atoms with Gasteiger partial charge in [-0.05, 0) is 31.7 Å². The van der Waals surface area contributed by atoms with Crippen LogP contribution < -0.4 is 5.32 Å². The van der Waals surface area contributed by atoms with E-state index in [4.69, 9.17) is 0 Å². The Morgan fingerprint density at radius 1 is 1.25 bits per heavy atom. The maximum absolute atomic E-state index is 12.1. The van der Waals surface area contributed by atoms with E-state index in [0.29, 0.717) is 6.54 Å². The molecule has 1 N–H and O–H groups in total. The van der Waals surface area contributed by atoms with Crippen LogP contribution >= 0.6 is 15.9 Å². The van der Waals surface area contributed by atoms with Gasteiger partial charge in [-0.25, -0.2) is 0 Å². The first-order valence-electron chi connectivity index (χ1n) is 7.01. The number of carbonyl (C=O) groups is 1. The van der Waals surface area contributed by atoms with E-state index in [9.17, 15) is 4.79 Å². The molecular weight excluding hydrogens is 318 g/mol. The Kier molecular flexibility index (Phi) is 5.57. The van der Waals surface area contributed by atoms with Gasteiger partial charge in [-0.3, -0.25) is 4.79 Å². The second kappa shape index (κ2) is 7.20. The number of hydrogen-bond acceptors (Lipinski definition) is 3. The minimum atomic E-state index is 0.180. The van der Waals surface area contributed by atoms with Crippen molar-refractivity contribution in [2.75, 3.05) is 39.8 Å². The quantitative estimate of drug-likeness (QED) is 0.909. The van der Waals surface area contributed by atoms with Crippen LogP contribution in [-0.2, 0) is 4.79 Å². The Balaban J connectivity index is 1.79. The first kappa shape index (κ1) is 15.5. The van der Waals surface area contributed by atoms with Gasteiger partial charge in [-0.2, -0.15) is 0 Å². The fourth-order valence-corrected chi connectivity index (χ4v) is 2.54. The van der Waals surface area contributed by atoms with Gasteiger partial charge in [0.1, 0.15) is 0 Å². The van der Waals surface area contributed by atoms with Crippen LogP contribution in [0.2, 0.25) is 0 Å². The maximum Gasteiger partial charge on any atom is 0.236 e. The highest BCUT2D eigenvalue weighted by molar-refractivity contribution is 9.10. The summed E-state index contributed by atoms with van der Waals surface area (Å²) in [6.07, 6.45) is 0. The third kappa shape index (κ3) is 4.30. The number of carbonyl (C=O) groups excluding carboxylic acids is 1. The summed E-state index contributed by atoms with van der Waals surface area (Å²) in [6.45, 7) is 6.09. The van der Waals surface area contributed by atoms with Gasteiger partial charge in [0.05, 0.1) is 6.54 Å². The fraction of sp³-hybridized carbons (Fsp3) is 0.533. The van der Waals surface area contributed by atoms with Gasteiger partial charge in [0.25, 0.3) is 0 Å². The minimum Gasteiger partial charge on any atom is -0.339 e. The topological polar surface area (TPSA) is 35.6 Å². The summed E-state index contributed by atoms with van der Waals surface area (Å²) < 4.78 is 1.07. The van der Waals surface area contributed by atoms with Crippen molar-refractivity contribution in [2.45, 2.75) is 13.0 Å². The van der Waals surface area contributed by atoms with E-state index in [1.54, 1.807) is 0 Å². The lowest BCUT2D eigenvalue weighted by molar-refractivity contribution is -0.131. The molecule has 1 aliphatic heterocycles. The zero-order valence-corrected chi connectivity index (χ0v) is 13.7. The third-order valence-corrected chi connectivity index (χ3v) is 4.31. The van der Waals surface area contributed by atoms with Gasteiger partial charge >= 0.3 is 0 Å². The molecule has 4 nitrogen and oxygen atoms in total. The van der Waals surface area contributed by atoms with Crippen molar-refractivity contribution in [3.05, 3.63) is 34.3 Å². The van der Waals surface area contributed by atoms with Gasteiger partial charge in [-0.1, -0.05) is 28.1 Å². The zero-order chi connectivity index (χ0) is 14.5. The molecule has 110 valence electrons. The predicted octanol–water partition coefficient (Wildman–Crippen LogP) is 1.87. The second-order valence-corrected chi connectivity index (χ2v) is 6.25.